The lowest BCUT2D eigenvalue weighted by molar-refractivity contribution is 0.410. The maximum Gasteiger partial charge on any atom is 0.121 e. The number of rotatable bonds is 0. The Hall–Kier alpha value is -1.54. The lowest BCUT2D eigenvalue weighted by atomic mass is 9.71. The van der Waals surface area contributed by atoms with Crippen molar-refractivity contribution in [3.8, 4) is 0 Å². The highest BCUT2D eigenvalue weighted by Crippen LogP contribution is 2.53. The summed E-state index contributed by atoms with van der Waals surface area (Å²) >= 11 is 0. The van der Waals surface area contributed by atoms with Gasteiger partial charge in [0.2, 0.25) is 0 Å². The van der Waals surface area contributed by atoms with Crippen molar-refractivity contribution >= 4 is 5.69 Å². The van der Waals surface area contributed by atoms with Gasteiger partial charge in [0.25, 0.3) is 0 Å². The van der Waals surface area contributed by atoms with E-state index in [2.05, 4.69) is 59.2 Å². The molecule has 2 unspecified atom stereocenters. The number of hydrogen-bond donors (Lipinski definition) is 2. The first kappa shape index (κ1) is 8.59. The summed E-state index contributed by atoms with van der Waals surface area (Å²) < 4.78 is 0. The predicted octanol–water partition coefficient (Wildman–Crippen LogP) is 2.17. The van der Waals surface area contributed by atoms with Crippen molar-refractivity contribution in [3.05, 3.63) is 54.1 Å². The minimum absolute atomic E-state index is 0.0779. The van der Waals surface area contributed by atoms with Gasteiger partial charge in [0.05, 0.1) is 5.41 Å². The van der Waals surface area contributed by atoms with E-state index in [-0.39, 0.29) is 11.1 Å². The zero-order valence-corrected chi connectivity index (χ0v) is 9.03. The number of allylic oxidation sites excluding steroid dienone is 2. The maximum atomic E-state index is 3.65. The molecule has 1 aliphatic carbocycles. The molecule has 0 aromatic heterocycles. The van der Waals surface area contributed by atoms with Gasteiger partial charge in [-0.15, -0.1) is 0 Å². The van der Waals surface area contributed by atoms with Crippen LogP contribution in [0.4, 0.5) is 5.69 Å². The van der Waals surface area contributed by atoms with Crippen molar-refractivity contribution in [2.45, 2.75) is 17.5 Å². The first-order chi connectivity index (χ1) is 7.86. The summed E-state index contributed by atoms with van der Waals surface area (Å²) in [5, 5.41) is 7.28. The molecular weight excluding hydrogens is 196 g/mol. The van der Waals surface area contributed by atoms with Crippen molar-refractivity contribution in [1.29, 1.82) is 0 Å². The average Bonchev–Trinajstić information content (AvgIpc) is 2.80. The molecule has 1 aromatic carbocycles. The standard InChI is InChI=1S/C14H14N2/c1-2-6-12-11(5-1)13-7-3-4-8-14(13,16-12)15-10-9-13/h1-8,15-16H,9-10H2. The molecule has 16 heavy (non-hydrogen) atoms. The molecule has 0 amide bonds. The minimum atomic E-state index is -0.0779. The average molecular weight is 210 g/mol. The van der Waals surface area contributed by atoms with Gasteiger partial charge in [-0.3, -0.25) is 5.32 Å². The molecule has 4 rings (SSSR count). The Labute approximate surface area is 95.1 Å². The first-order valence-corrected chi connectivity index (χ1v) is 5.86. The second kappa shape index (κ2) is 2.58. The molecule has 3 aliphatic rings. The van der Waals surface area contributed by atoms with Crippen molar-refractivity contribution < 1.29 is 0 Å². The largest absolute Gasteiger partial charge is 0.363 e. The van der Waals surface area contributed by atoms with Crippen molar-refractivity contribution in [2.75, 3.05) is 11.9 Å². The molecule has 0 saturated carbocycles. The van der Waals surface area contributed by atoms with E-state index in [1.54, 1.807) is 0 Å². The zero-order valence-electron chi connectivity index (χ0n) is 9.03. The molecule has 1 aromatic rings. The lowest BCUT2D eigenvalue weighted by Crippen LogP contribution is -2.54. The van der Waals surface area contributed by atoms with E-state index in [1.165, 1.54) is 11.3 Å². The summed E-state index contributed by atoms with van der Waals surface area (Å²) in [6, 6.07) is 8.65. The van der Waals surface area contributed by atoms with Crippen LogP contribution in [0, 0.1) is 0 Å². The van der Waals surface area contributed by atoms with Gasteiger partial charge in [0, 0.05) is 5.69 Å². The molecular formula is C14H14N2. The number of anilines is 1. The molecule has 0 radical (unpaired) electrons. The summed E-state index contributed by atoms with van der Waals surface area (Å²) in [7, 11) is 0. The van der Waals surface area contributed by atoms with E-state index in [9.17, 15) is 0 Å². The molecule has 2 N–H and O–H groups in total. The van der Waals surface area contributed by atoms with Crippen LogP contribution in [-0.4, -0.2) is 12.2 Å². The third-order valence-electron chi connectivity index (χ3n) is 4.20. The topological polar surface area (TPSA) is 24.1 Å². The summed E-state index contributed by atoms with van der Waals surface area (Å²) in [4.78, 5) is 0. The van der Waals surface area contributed by atoms with Crippen LogP contribution in [0.25, 0.3) is 0 Å². The molecule has 2 heterocycles. The summed E-state index contributed by atoms with van der Waals surface area (Å²) in [6.45, 7) is 1.07. The van der Waals surface area contributed by atoms with Crippen LogP contribution in [0.2, 0.25) is 0 Å². The van der Waals surface area contributed by atoms with Crippen molar-refractivity contribution in [1.82, 2.24) is 5.32 Å². The fourth-order valence-corrected chi connectivity index (χ4v) is 3.48. The van der Waals surface area contributed by atoms with E-state index in [1.807, 2.05) is 0 Å². The van der Waals surface area contributed by atoms with Crippen LogP contribution in [0.1, 0.15) is 12.0 Å². The van der Waals surface area contributed by atoms with Crippen molar-refractivity contribution in [3.63, 3.8) is 0 Å². The fourth-order valence-electron chi connectivity index (χ4n) is 3.48. The molecule has 80 valence electrons. The quantitative estimate of drug-likeness (QED) is 0.685. The Morgan fingerprint density at radius 3 is 2.94 bits per heavy atom. The van der Waals surface area contributed by atoms with Gasteiger partial charge in [0.15, 0.2) is 0 Å². The fraction of sp³-hybridized carbons (Fsp3) is 0.286. The Bertz CT molecular complexity index is 517. The third-order valence-corrected chi connectivity index (χ3v) is 4.20. The molecule has 1 saturated heterocycles. The smallest absolute Gasteiger partial charge is 0.121 e. The van der Waals surface area contributed by atoms with Gasteiger partial charge in [-0.2, -0.15) is 0 Å². The Balaban J connectivity index is 2.04. The highest BCUT2D eigenvalue weighted by Gasteiger charge is 2.58. The van der Waals surface area contributed by atoms with Crippen LogP contribution in [0.5, 0.6) is 0 Å². The Morgan fingerprint density at radius 1 is 1.06 bits per heavy atom. The minimum Gasteiger partial charge on any atom is -0.363 e. The monoisotopic (exact) mass is 210 g/mol. The van der Waals surface area contributed by atoms with E-state index < -0.39 is 0 Å². The first-order valence-electron chi connectivity index (χ1n) is 5.86. The summed E-state index contributed by atoms with van der Waals surface area (Å²) in [5.41, 5.74) is 2.75. The number of fused-ring (bicyclic) bond motifs is 1. The number of hydrogen-bond acceptors (Lipinski definition) is 2. The van der Waals surface area contributed by atoms with Gasteiger partial charge in [-0.25, -0.2) is 0 Å². The second-order valence-corrected chi connectivity index (χ2v) is 4.84. The van der Waals surface area contributed by atoms with Crippen LogP contribution in [0.15, 0.2) is 48.6 Å². The Morgan fingerprint density at radius 2 is 1.94 bits per heavy atom. The van der Waals surface area contributed by atoms with E-state index in [4.69, 9.17) is 0 Å². The number of nitrogens with one attached hydrogen (secondary N) is 2. The zero-order chi connectivity index (χ0) is 10.6. The summed E-state index contributed by atoms with van der Waals surface area (Å²) in [5.74, 6) is 0. The third kappa shape index (κ3) is 0.758. The Kier molecular flexibility index (Phi) is 1.39. The molecule has 2 atom stereocenters. The highest BCUT2D eigenvalue weighted by molar-refractivity contribution is 5.70. The molecule has 0 spiro atoms. The van der Waals surface area contributed by atoms with E-state index >= 15 is 0 Å². The van der Waals surface area contributed by atoms with Gasteiger partial charge in [0.1, 0.15) is 5.66 Å². The molecule has 2 aliphatic heterocycles. The SMILES string of the molecule is C1=CC23NCCC2(C=C1)c1ccccc1N3. The van der Waals surface area contributed by atoms with E-state index in [0.29, 0.717) is 0 Å². The van der Waals surface area contributed by atoms with Gasteiger partial charge in [-0.05, 0) is 30.7 Å². The normalized spacial score (nSPS) is 37.8. The molecule has 1 fully saturated rings. The van der Waals surface area contributed by atoms with Crippen molar-refractivity contribution in [2.24, 2.45) is 0 Å². The molecule has 2 nitrogen and oxygen atoms in total. The van der Waals surface area contributed by atoms with Gasteiger partial charge < -0.3 is 5.32 Å². The maximum absolute atomic E-state index is 3.65. The van der Waals surface area contributed by atoms with E-state index in [0.717, 1.165) is 13.0 Å². The number of para-hydroxylation sites is 1. The van der Waals surface area contributed by atoms with Crippen LogP contribution >= 0.6 is 0 Å². The molecule has 2 heteroatoms. The van der Waals surface area contributed by atoms with Crippen LogP contribution in [-0.2, 0) is 5.41 Å². The van der Waals surface area contributed by atoms with Crippen LogP contribution < -0.4 is 10.6 Å². The lowest BCUT2D eigenvalue weighted by Gasteiger charge is -2.38. The van der Waals surface area contributed by atoms with Gasteiger partial charge in [-0.1, -0.05) is 36.4 Å². The van der Waals surface area contributed by atoms with Gasteiger partial charge >= 0.3 is 0 Å². The second-order valence-electron chi connectivity index (χ2n) is 4.84. The molecule has 0 bridgehead atoms. The predicted molar refractivity (Wildman–Crippen MR) is 65.4 cm³/mol. The number of benzene rings is 1. The van der Waals surface area contributed by atoms with Crippen LogP contribution in [0.3, 0.4) is 0 Å². The highest BCUT2D eigenvalue weighted by atomic mass is 15.3. The summed E-state index contributed by atoms with van der Waals surface area (Å²) in [6.07, 6.45) is 10.1.